The molecule has 1 aliphatic rings. The van der Waals surface area contributed by atoms with Crippen LogP contribution in [0.3, 0.4) is 0 Å². The van der Waals surface area contributed by atoms with E-state index < -0.39 is 0 Å². The van der Waals surface area contributed by atoms with Crippen molar-refractivity contribution in [3.63, 3.8) is 0 Å². The number of nitrogens with zero attached hydrogens (tertiary/aromatic N) is 2. The molecule has 1 rings (SSSR count). The SMILES string of the molecule is CCC(C)C=NC1=C(C)CN(C)CC1. The van der Waals surface area contributed by atoms with Gasteiger partial charge in [-0.05, 0) is 31.9 Å². The Morgan fingerprint density at radius 3 is 2.86 bits per heavy atom. The Morgan fingerprint density at radius 1 is 1.57 bits per heavy atom. The van der Waals surface area contributed by atoms with Crippen LogP contribution in [0.15, 0.2) is 16.3 Å². The van der Waals surface area contributed by atoms with Crippen molar-refractivity contribution < 1.29 is 0 Å². The molecule has 2 nitrogen and oxygen atoms in total. The zero-order chi connectivity index (χ0) is 10.6. The van der Waals surface area contributed by atoms with Gasteiger partial charge >= 0.3 is 0 Å². The molecule has 0 aliphatic carbocycles. The lowest BCUT2D eigenvalue weighted by atomic mass is 10.1. The van der Waals surface area contributed by atoms with Crippen LogP contribution in [0.4, 0.5) is 0 Å². The van der Waals surface area contributed by atoms with E-state index in [1.165, 1.54) is 17.7 Å². The summed E-state index contributed by atoms with van der Waals surface area (Å²) >= 11 is 0. The quantitative estimate of drug-likeness (QED) is 0.631. The van der Waals surface area contributed by atoms with Gasteiger partial charge in [0.25, 0.3) is 0 Å². The molecule has 0 bridgehead atoms. The molecule has 1 aliphatic heterocycles. The van der Waals surface area contributed by atoms with E-state index in [1.54, 1.807) is 0 Å². The van der Waals surface area contributed by atoms with Gasteiger partial charge in [0.1, 0.15) is 0 Å². The van der Waals surface area contributed by atoms with Crippen molar-refractivity contribution in [2.24, 2.45) is 10.9 Å². The molecule has 0 spiro atoms. The number of likely N-dealkylation sites (N-methyl/N-ethyl adjacent to an activating group) is 1. The van der Waals surface area contributed by atoms with Crippen molar-refractivity contribution in [1.29, 1.82) is 0 Å². The number of hydrogen-bond donors (Lipinski definition) is 0. The summed E-state index contributed by atoms with van der Waals surface area (Å²) in [6.45, 7) is 8.83. The van der Waals surface area contributed by atoms with E-state index in [0.717, 1.165) is 19.5 Å². The first kappa shape index (κ1) is 11.4. The maximum absolute atomic E-state index is 4.60. The van der Waals surface area contributed by atoms with Crippen LogP contribution in [0.25, 0.3) is 0 Å². The number of rotatable bonds is 3. The second-order valence-electron chi connectivity index (χ2n) is 4.38. The molecular formula is C12H22N2. The standard InChI is InChI=1S/C12H22N2/c1-5-10(2)8-13-12-6-7-14(4)9-11(12)3/h8,10H,5-7,9H2,1-4H3. The Labute approximate surface area is 87.7 Å². The predicted molar refractivity (Wildman–Crippen MR) is 62.8 cm³/mol. The normalized spacial score (nSPS) is 22.0. The summed E-state index contributed by atoms with van der Waals surface area (Å²) in [7, 11) is 2.17. The van der Waals surface area contributed by atoms with E-state index in [2.05, 4.69) is 43.9 Å². The van der Waals surface area contributed by atoms with Gasteiger partial charge in [-0.15, -0.1) is 0 Å². The van der Waals surface area contributed by atoms with Gasteiger partial charge in [0.2, 0.25) is 0 Å². The highest BCUT2D eigenvalue weighted by atomic mass is 15.1. The van der Waals surface area contributed by atoms with Crippen LogP contribution in [-0.4, -0.2) is 31.3 Å². The molecule has 0 saturated carbocycles. The van der Waals surface area contributed by atoms with E-state index in [0.29, 0.717) is 5.92 Å². The number of hydrogen-bond acceptors (Lipinski definition) is 2. The minimum absolute atomic E-state index is 0.606. The molecule has 14 heavy (non-hydrogen) atoms. The number of aliphatic imine (C=N–C) groups is 1. The highest BCUT2D eigenvalue weighted by Gasteiger charge is 2.11. The molecular weight excluding hydrogens is 172 g/mol. The van der Waals surface area contributed by atoms with Gasteiger partial charge in [0.05, 0.1) is 0 Å². The zero-order valence-corrected chi connectivity index (χ0v) is 9.88. The summed E-state index contributed by atoms with van der Waals surface area (Å²) < 4.78 is 0. The summed E-state index contributed by atoms with van der Waals surface area (Å²) in [6.07, 6.45) is 4.38. The van der Waals surface area contributed by atoms with Crippen molar-refractivity contribution in [3.05, 3.63) is 11.3 Å². The van der Waals surface area contributed by atoms with Crippen LogP contribution in [-0.2, 0) is 0 Å². The summed E-state index contributed by atoms with van der Waals surface area (Å²) in [4.78, 5) is 6.94. The van der Waals surface area contributed by atoms with Crippen molar-refractivity contribution in [2.45, 2.75) is 33.6 Å². The molecule has 80 valence electrons. The smallest absolute Gasteiger partial charge is 0.0414 e. The average molecular weight is 194 g/mol. The minimum atomic E-state index is 0.606. The van der Waals surface area contributed by atoms with Gasteiger partial charge in [0, 0.05) is 31.4 Å². The summed E-state index contributed by atoms with van der Waals surface area (Å²) in [5, 5.41) is 0. The Morgan fingerprint density at radius 2 is 2.29 bits per heavy atom. The van der Waals surface area contributed by atoms with Crippen LogP contribution in [0.1, 0.15) is 33.6 Å². The van der Waals surface area contributed by atoms with E-state index in [9.17, 15) is 0 Å². The molecule has 0 fully saturated rings. The topological polar surface area (TPSA) is 15.6 Å². The third-order valence-electron chi connectivity index (χ3n) is 2.86. The molecule has 1 heterocycles. The lowest BCUT2D eigenvalue weighted by Crippen LogP contribution is -2.26. The van der Waals surface area contributed by atoms with Crippen LogP contribution in [0.5, 0.6) is 0 Å². The van der Waals surface area contributed by atoms with Gasteiger partial charge in [-0.3, -0.25) is 4.99 Å². The fourth-order valence-electron chi connectivity index (χ4n) is 1.58. The lowest BCUT2D eigenvalue weighted by Gasteiger charge is -2.24. The molecule has 0 radical (unpaired) electrons. The third-order valence-corrected chi connectivity index (χ3v) is 2.86. The first-order valence-corrected chi connectivity index (χ1v) is 5.54. The van der Waals surface area contributed by atoms with Crippen molar-refractivity contribution in [2.75, 3.05) is 20.1 Å². The van der Waals surface area contributed by atoms with Crippen LogP contribution in [0, 0.1) is 5.92 Å². The van der Waals surface area contributed by atoms with Gasteiger partial charge in [-0.25, -0.2) is 0 Å². The second-order valence-corrected chi connectivity index (χ2v) is 4.38. The third kappa shape index (κ3) is 3.26. The van der Waals surface area contributed by atoms with Crippen molar-refractivity contribution in [1.82, 2.24) is 4.90 Å². The zero-order valence-electron chi connectivity index (χ0n) is 9.88. The fraction of sp³-hybridized carbons (Fsp3) is 0.750. The molecule has 2 heteroatoms. The maximum Gasteiger partial charge on any atom is 0.0414 e. The maximum atomic E-state index is 4.60. The predicted octanol–water partition coefficient (Wildman–Crippen LogP) is 2.71. The second kappa shape index (κ2) is 5.30. The van der Waals surface area contributed by atoms with Gasteiger partial charge in [-0.2, -0.15) is 0 Å². The molecule has 1 atom stereocenters. The largest absolute Gasteiger partial charge is 0.302 e. The Hall–Kier alpha value is -0.630. The van der Waals surface area contributed by atoms with Crippen LogP contribution in [0.2, 0.25) is 0 Å². The average Bonchev–Trinajstić information content (AvgIpc) is 2.16. The summed E-state index contributed by atoms with van der Waals surface area (Å²) in [5.74, 6) is 0.606. The molecule has 0 aromatic carbocycles. The monoisotopic (exact) mass is 194 g/mol. The van der Waals surface area contributed by atoms with E-state index in [1.807, 2.05) is 0 Å². The van der Waals surface area contributed by atoms with E-state index in [-0.39, 0.29) is 0 Å². The van der Waals surface area contributed by atoms with Gasteiger partial charge in [0.15, 0.2) is 0 Å². The Balaban J connectivity index is 2.59. The van der Waals surface area contributed by atoms with Crippen molar-refractivity contribution in [3.8, 4) is 0 Å². The van der Waals surface area contributed by atoms with E-state index >= 15 is 0 Å². The van der Waals surface area contributed by atoms with Gasteiger partial charge in [-0.1, -0.05) is 13.8 Å². The highest BCUT2D eigenvalue weighted by Crippen LogP contribution is 2.17. The first-order valence-electron chi connectivity index (χ1n) is 5.54. The fourth-order valence-corrected chi connectivity index (χ4v) is 1.58. The molecule has 1 unspecified atom stereocenters. The summed E-state index contributed by atoms with van der Waals surface area (Å²) in [6, 6.07) is 0. The molecule has 0 amide bonds. The molecule has 0 saturated heterocycles. The lowest BCUT2D eigenvalue weighted by molar-refractivity contribution is 0.347. The van der Waals surface area contributed by atoms with Crippen LogP contribution >= 0.6 is 0 Å². The Bertz CT molecular complexity index is 241. The summed E-state index contributed by atoms with van der Waals surface area (Å²) in [5.41, 5.74) is 2.74. The molecule has 0 aromatic heterocycles. The van der Waals surface area contributed by atoms with Crippen molar-refractivity contribution >= 4 is 6.21 Å². The van der Waals surface area contributed by atoms with Crippen LogP contribution < -0.4 is 0 Å². The molecule has 0 N–H and O–H groups in total. The van der Waals surface area contributed by atoms with E-state index in [4.69, 9.17) is 0 Å². The Kier molecular flexibility index (Phi) is 4.33. The first-order chi connectivity index (χ1) is 6.63. The highest BCUT2D eigenvalue weighted by molar-refractivity contribution is 5.61. The minimum Gasteiger partial charge on any atom is -0.302 e. The molecule has 0 aromatic rings. The van der Waals surface area contributed by atoms with Gasteiger partial charge < -0.3 is 4.90 Å².